The minimum absolute atomic E-state index is 0.0573. The Kier molecular flexibility index (Phi) is 4.63. The molecule has 2 N–H and O–H groups in total. The van der Waals surface area contributed by atoms with Crippen molar-refractivity contribution in [2.45, 2.75) is 6.92 Å². The van der Waals surface area contributed by atoms with Gasteiger partial charge in [0.25, 0.3) is 5.69 Å². The lowest BCUT2D eigenvalue weighted by Crippen LogP contribution is -2.01. The summed E-state index contributed by atoms with van der Waals surface area (Å²) in [6, 6.07) is 22.8. The van der Waals surface area contributed by atoms with Crippen LogP contribution >= 0.6 is 0 Å². The number of nitrogen functional groups attached to an aromatic ring is 1. The molecule has 0 aliphatic rings. The smallest absolute Gasteiger partial charge is 0.270 e. The van der Waals surface area contributed by atoms with Gasteiger partial charge in [0.15, 0.2) is 0 Å². The first-order valence-corrected chi connectivity index (χ1v) is 10.1. The highest BCUT2D eigenvalue weighted by molar-refractivity contribution is 5.99. The number of anilines is 1. The zero-order valence-electron chi connectivity index (χ0n) is 17.3. The second kappa shape index (κ2) is 7.63. The number of hydrogen-bond acceptors (Lipinski definition) is 5. The number of nitro groups is 1. The summed E-state index contributed by atoms with van der Waals surface area (Å²) in [5.41, 5.74) is 11.8. The zero-order valence-corrected chi connectivity index (χ0v) is 17.3. The molecule has 0 amide bonds. The fraction of sp³-hybridized carbons (Fsp3) is 0.0400. The third-order valence-electron chi connectivity index (χ3n) is 5.46. The highest BCUT2D eigenvalue weighted by atomic mass is 16.6. The normalized spacial score (nSPS) is 11.0. The fourth-order valence-corrected chi connectivity index (χ4v) is 3.86. The zero-order chi connectivity index (χ0) is 22.2. The summed E-state index contributed by atoms with van der Waals surface area (Å²) in [7, 11) is 0. The van der Waals surface area contributed by atoms with Crippen molar-refractivity contribution in [3.63, 3.8) is 0 Å². The molecule has 3 aromatic carbocycles. The number of fused-ring (bicyclic) bond motifs is 1. The number of benzene rings is 3. The van der Waals surface area contributed by atoms with E-state index in [1.165, 1.54) is 11.6 Å². The maximum Gasteiger partial charge on any atom is 0.270 e. The summed E-state index contributed by atoms with van der Waals surface area (Å²) in [5.74, 6) is 0.841. The molecule has 5 rings (SSSR count). The third kappa shape index (κ3) is 3.45. The topological polar surface area (TPSA) is 99.9 Å². The molecule has 0 aliphatic carbocycles. The second-order valence-electron chi connectivity index (χ2n) is 7.59. The van der Waals surface area contributed by atoms with Crippen LogP contribution in [0.25, 0.3) is 39.0 Å². The Morgan fingerprint density at radius 1 is 0.938 bits per heavy atom. The molecular weight excluding hydrogens is 402 g/mol. The summed E-state index contributed by atoms with van der Waals surface area (Å²) in [4.78, 5) is 19.2. The SMILES string of the molecule is Cc1ccc(-c2cn(-c3ccnc(N)n3)c3cc(-c4cccc([N+](=O)[O-])c4)ccc23)cc1. The summed E-state index contributed by atoms with van der Waals surface area (Å²) in [6.07, 6.45) is 3.66. The first-order chi connectivity index (χ1) is 15.5. The van der Waals surface area contributed by atoms with Crippen LogP contribution < -0.4 is 5.73 Å². The van der Waals surface area contributed by atoms with Gasteiger partial charge in [0, 0.05) is 35.5 Å². The number of rotatable bonds is 4. The van der Waals surface area contributed by atoms with Crippen molar-refractivity contribution < 1.29 is 4.92 Å². The number of aryl methyl sites for hydroxylation is 1. The monoisotopic (exact) mass is 421 g/mol. The number of nitro benzene ring substituents is 1. The highest BCUT2D eigenvalue weighted by Gasteiger charge is 2.15. The molecule has 32 heavy (non-hydrogen) atoms. The number of hydrogen-bond donors (Lipinski definition) is 1. The average molecular weight is 421 g/mol. The molecule has 0 unspecified atom stereocenters. The predicted molar refractivity (Wildman–Crippen MR) is 126 cm³/mol. The van der Waals surface area contributed by atoms with E-state index in [2.05, 4.69) is 41.2 Å². The van der Waals surface area contributed by atoms with E-state index in [1.807, 2.05) is 35.0 Å². The molecule has 0 fully saturated rings. The van der Waals surface area contributed by atoms with Crippen molar-refractivity contribution >= 4 is 22.5 Å². The summed E-state index contributed by atoms with van der Waals surface area (Å²) >= 11 is 0. The molecule has 7 heteroatoms. The molecule has 0 aliphatic heterocycles. The van der Waals surface area contributed by atoms with Gasteiger partial charge in [-0.25, -0.2) is 4.98 Å². The Bertz CT molecular complexity index is 1470. The van der Waals surface area contributed by atoms with E-state index in [-0.39, 0.29) is 16.6 Å². The Hall–Kier alpha value is -4.52. The maximum atomic E-state index is 11.2. The van der Waals surface area contributed by atoms with Crippen molar-refractivity contribution in [3.05, 3.63) is 101 Å². The van der Waals surface area contributed by atoms with E-state index in [0.29, 0.717) is 5.82 Å². The van der Waals surface area contributed by atoms with E-state index in [1.54, 1.807) is 24.4 Å². The molecule has 5 aromatic rings. The minimum atomic E-state index is -0.385. The number of nitrogens with two attached hydrogens (primary N) is 1. The van der Waals surface area contributed by atoms with Crippen LogP contribution in [0, 0.1) is 17.0 Å². The van der Waals surface area contributed by atoms with Gasteiger partial charge in [-0.15, -0.1) is 0 Å². The minimum Gasteiger partial charge on any atom is -0.368 e. The molecule has 0 atom stereocenters. The van der Waals surface area contributed by atoms with Crippen molar-refractivity contribution in [1.82, 2.24) is 14.5 Å². The van der Waals surface area contributed by atoms with Crippen LogP contribution in [0.5, 0.6) is 0 Å². The van der Waals surface area contributed by atoms with E-state index in [0.717, 1.165) is 33.2 Å². The van der Waals surface area contributed by atoms with Crippen LogP contribution in [0.3, 0.4) is 0 Å². The average Bonchev–Trinajstić information content (AvgIpc) is 3.18. The first-order valence-electron chi connectivity index (χ1n) is 10.1. The van der Waals surface area contributed by atoms with E-state index in [9.17, 15) is 10.1 Å². The molecule has 156 valence electrons. The van der Waals surface area contributed by atoms with E-state index < -0.39 is 0 Å². The van der Waals surface area contributed by atoms with Gasteiger partial charge < -0.3 is 10.3 Å². The predicted octanol–water partition coefficient (Wildman–Crippen LogP) is 5.55. The summed E-state index contributed by atoms with van der Waals surface area (Å²) in [5, 5.41) is 12.3. The Morgan fingerprint density at radius 3 is 2.44 bits per heavy atom. The van der Waals surface area contributed by atoms with E-state index in [4.69, 9.17) is 5.73 Å². The van der Waals surface area contributed by atoms with Gasteiger partial charge in [-0.3, -0.25) is 10.1 Å². The summed E-state index contributed by atoms with van der Waals surface area (Å²) < 4.78 is 1.98. The highest BCUT2D eigenvalue weighted by Crippen LogP contribution is 2.35. The van der Waals surface area contributed by atoms with Crippen LogP contribution in [0.1, 0.15) is 5.56 Å². The molecular formula is C25H19N5O2. The van der Waals surface area contributed by atoms with Crippen LogP contribution in [0.4, 0.5) is 11.6 Å². The lowest BCUT2D eigenvalue weighted by molar-refractivity contribution is -0.384. The Balaban J connectivity index is 1.75. The molecule has 0 spiro atoms. The van der Waals surface area contributed by atoms with E-state index >= 15 is 0 Å². The molecule has 2 heterocycles. The molecule has 0 bridgehead atoms. The van der Waals surface area contributed by atoms with Gasteiger partial charge >= 0.3 is 0 Å². The molecule has 0 radical (unpaired) electrons. The summed E-state index contributed by atoms with van der Waals surface area (Å²) in [6.45, 7) is 2.06. The molecule has 0 saturated heterocycles. The van der Waals surface area contributed by atoms with Gasteiger partial charge in [0.1, 0.15) is 5.82 Å². The van der Waals surface area contributed by atoms with Crippen molar-refractivity contribution in [3.8, 4) is 28.1 Å². The maximum absolute atomic E-state index is 11.2. The van der Waals surface area contributed by atoms with Crippen LogP contribution in [-0.4, -0.2) is 19.5 Å². The second-order valence-corrected chi connectivity index (χ2v) is 7.59. The third-order valence-corrected chi connectivity index (χ3v) is 5.46. The number of nitrogens with zero attached hydrogens (tertiary/aromatic N) is 4. The fourth-order valence-electron chi connectivity index (χ4n) is 3.86. The molecule has 2 aromatic heterocycles. The van der Waals surface area contributed by atoms with Gasteiger partial charge in [-0.05, 0) is 35.7 Å². The lowest BCUT2D eigenvalue weighted by Gasteiger charge is -2.07. The van der Waals surface area contributed by atoms with Crippen molar-refractivity contribution in [2.24, 2.45) is 0 Å². The number of aromatic nitrogens is 3. The van der Waals surface area contributed by atoms with Crippen molar-refractivity contribution in [2.75, 3.05) is 5.73 Å². The standard InChI is InChI=1S/C25H19N5O2/c1-16-5-7-17(8-6-16)22-15-29(24-11-12-27-25(26)28-24)23-14-19(9-10-21(22)23)18-3-2-4-20(13-18)30(31)32/h2-15H,1H3,(H2,26,27,28). The first kappa shape index (κ1) is 19.4. The number of non-ortho nitro benzene ring substituents is 1. The quantitative estimate of drug-likeness (QED) is 0.303. The Labute approximate surface area is 184 Å². The molecule has 7 nitrogen and oxygen atoms in total. The van der Waals surface area contributed by atoms with Gasteiger partial charge in [-0.1, -0.05) is 54.1 Å². The van der Waals surface area contributed by atoms with Crippen molar-refractivity contribution in [1.29, 1.82) is 0 Å². The van der Waals surface area contributed by atoms with Crippen LogP contribution in [0.2, 0.25) is 0 Å². The van der Waals surface area contributed by atoms with Crippen LogP contribution in [-0.2, 0) is 0 Å². The Morgan fingerprint density at radius 2 is 1.69 bits per heavy atom. The molecule has 0 saturated carbocycles. The lowest BCUT2D eigenvalue weighted by atomic mass is 10.00. The van der Waals surface area contributed by atoms with Gasteiger partial charge in [0.2, 0.25) is 5.95 Å². The largest absolute Gasteiger partial charge is 0.368 e. The van der Waals surface area contributed by atoms with Crippen LogP contribution in [0.15, 0.2) is 85.2 Å². The van der Waals surface area contributed by atoms with Gasteiger partial charge in [0.05, 0.1) is 10.4 Å². The van der Waals surface area contributed by atoms with Gasteiger partial charge in [-0.2, -0.15) is 4.98 Å².